The quantitative estimate of drug-likeness (QED) is 0.459. The molecule has 10 nitrogen and oxygen atoms in total. The molecule has 188 valence electrons. The molecule has 0 aliphatic carbocycles. The summed E-state index contributed by atoms with van der Waals surface area (Å²) in [5.41, 5.74) is 4.98. The average molecular weight is 495 g/mol. The molecule has 0 radical (unpaired) electrons. The minimum absolute atomic E-state index is 0.0573. The van der Waals surface area contributed by atoms with Gasteiger partial charge in [-0.05, 0) is 43.0 Å². The first-order valence-electron chi connectivity index (χ1n) is 11.3. The van der Waals surface area contributed by atoms with Crippen molar-refractivity contribution >= 4 is 27.2 Å². The molecule has 2 rings (SSSR count). The molecule has 0 atom stereocenters. The lowest BCUT2D eigenvalue weighted by atomic mass is 10.1. The molecule has 0 saturated carbocycles. The summed E-state index contributed by atoms with van der Waals surface area (Å²) in [6, 6.07) is 5.52. The van der Waals surface area contributed by atoms with Crippen molar-refractivity contribution in [3.05, 3.63) is 50.7 Å². The van der Waals surface area contributed by atoms with Crippen molar-refractivity contribution in [2.75, 3.05) is 36.6 Å². The first kappa shape index (κ1) is 27.3. The number of nitrogens with two attached hydrogens (primary N) is 1. The van der Waals surface area contributed by atoms with E-state index in [2.05, 4.69) is 4.98 Å². The number of methoxy groups -OCH3 is 1. The van der Waals surface area contributed by atoms with Crippen LogP contribution in [0.2, 0.25) is 0 Å². The zero-order valence-corrected chi connectivity index (χ0v) is 21.0. The number of aromatic amines is 1. The van der Waals surface area contributed by atoms with Gasteiger partial charge in [-0.3, -0.25) is 19.1 Å². The van der Waals surface area contributed by atoms with Gasteiger partial charge >= 0.3 is 5.69 Å². The third-order valence-corrected chi connectivity index (χ3v) is 7.11. The van der Waals surface area contributed by atoms with E-state index in [1.807, 2.05) is 20.8 Å². The molecular weight excluding hydrogens is 460 g/mol. The van der Waals surface area contributed by atoms with E-state index in [1.54, 1.807) is 0 Å². The fraction of sp³-hybridized carbons (Fsp3) is 0.522. The number of aromatic nitrogens is 2. The van der Waals surface area contributed by atoms with Crippen molar-refractivity contribution < 1.29 is 17.9 Å². The Bertz CT molecular complexity index is 1200. The number of carbonyl (C=O) groups excluding carboxylic acids is 1. The van der Waals surface area contributed by atoms with Crippen molar-refractivity contribution in [3.8, 4) is 0 Å². The minimum Gasteiger partial charge on any atom is -0.384 e. The molecule has 2 aromatic rings. The van der Waals surface area contributed by atoms with Gasteiger partial charge in [0.1, 0.15) is 5.82 Å². The summed E-state index contributed by atoms with van der Waals surface area (Å²) in [5, 5.41) is 0. The van der Waals surface area contributed by atoms with E-state index >= 15 is 0 Å². The van der Waals surface area contributed by atoms with Gasteiger partial charge < -0.3 is 15.4 Å². The molecule has 1 amide bonds. The van der Waals surface area contributed by atoms with E-state index < -0.39 is 27.0 Å². The molecule has 1 aromatic heterocycles. The number of benzene rings is 1. The molecule has 0 unspecified atom stereocenters. The van der Waals surface area contributed by atoms with Crippen LogP contribution in [0, 0.1) is 5.92 Å². The van der Waals surface area contributed by atoms with Gasteiger partial charge in [0, 0.05) is 25.8 Å². The molecule has 3 N–H and O–H groups in total. The van der Waals surface area contributed by atoms with Crippen LogP contribution in [0.15, 0.2) is 38.8 Å². The number of H-pyrrole nitrogens is 1. The van der Waals surface area contributed by atoms with Crippen LogP contribution in [0.5, 0.6) is 0 Å². The zero-order chi connectivity index (χ0) is 25.5. The summed E-state index contributed by atoms with van der Waals surface area (Å²) < 4.78 is 30.9. The highest BCUT2D eigenvalue weighted by Crippen LogP contribution is 2.22. The monoisotopic (exact) mass is 494 g/mol. The van der Waals surface area contributed by atoms with E-state index in [0.717, 1.165) is 6.42 Å². The highest BCUT2D eigenvalue weighted by atomic mass is 32.2. The minimum atomic E-state index is -3.55. The standard InChI is InChI=1S/C23H34N4O6S/c1-5-6-12-27-20(24)19(21(28)25-23(27)30)26(13-11-16(2)3)22(29)17-7-9-18(10-8-17)34(31,32)15-14-33-4/h7-10,16H,5-6,11-15,24H2,1-4H3,(H,25,28,30). The molecule has 0 fully saturated rings. The number of hydrogen-bond donors (Lipinski definition) is 2. The molecule has 0 bridgehead atoms. The summed E-state index contributed by atoms with van der Waals surface area (Å²) >= 11 is 0. The maximum Gasteiger partial charge on any atom is 0.330 e. The predicted molar refractivity (Wildman–Crippen MR) is 132 cm³/mol. The van der Waals surface area contributed by atoms with Crippen LogP contribution in [-0.4, -0.2) is 49.9 Å². The van der Waals surface area contributed by atoms with Crippen LogP contribution in [0.4, 0.5) is 11.5 Å². The Morgan fingerprint density at radius 1 is 1.21 bits per heavy atom. The number of rotatable bonds is 12. The predicted octanol–water partition coefficient (Wildman–Crippen LogP) is 2.03. The highest BCUT2D eigenvalue weighted by Gasteiger charge is 2.26. The molecular formula is C23H34N4O6S. The number of ether oxygens (including phenoxy) is 1. The maximum atomic E-state index is 13.5. The summed E-state index contributed by atoms with van der Waals surface area (Å²) in [7, 11) is -2.14. The lowest BCUT2D eigenvalue weighted by molar-refractivity contribution is 0.0985. The molecule has 11 heteroatoms. The van der Waals surface area contributed by atoms with Crippen LogP contribution in [0.25, 0.3) is 0 Å². The maximum absolute atomic E-state index is 13.5. The first-order valence-corrected chi connectivity index (χ1v) is 12.9. The van der Waals surface area contributed by atoms with Crippen LogP contribution in [0.1, 0.15) is 50.4 Å². The summed E-state index contributed by atoms with van der Waals surface area (Å²) in [5.74, 6) is -0.532. The summed E-state index contributed by atoms with van der Waals surface area (Å²) in [6.07, 6.45) is 2.08. The van der Waals surface area contributed by atoms with Crippen molar-refractivity contribution in [2.45, 2.75) is 51.5 Å². The third kappa shape index (κ3) is 6.57. The summed E-state index contributed by atoms with van der Waals surface area (Å²) in [4.78, 5) is 42.1. The molecule has 0 aliphatic heterocycles. The van der Waals surface area contributed by atoms with E-state index in [-0.39, 0.29) is 46.8 Å². The third-order valence-electron chi connectivity index (χ3n) is 5.41. The Kier molecular flexibility index (Phi) is 9.63. The number of carbonyl (C=O) groups is 1. The Hall–Kier alpha value is -2.92. The second kappa shape index (κ2) is 12.0. The number of sulfone groups is 1. The summed E-state index contributed by atoms with van der Waals surface area (Å²) in [6.45, 7) is 6.50. The van der Waals surface area contributed by atoms with E-state index in [1.165, 1.54) is 40.8 Å². The lowest BCUT2D eigenvalue weighted by Gasteiger charge is -2.25. The Labute approximate surface area is 199 Å². The van der Waals surface area contributed by atoms with E-state index in [4.69, 9.17) is 10.5 Å². The van der Waals surface area contributed by atoms with Gasteiger partial charge in [0.15, 0.2) is 15.5 Å². The van der Waals surface area contributed by atoms with Gasteiger partial charge in [0.2, 0.25) is 0 Å². The lowest BCUT2D eigenvalue weighted by Crippen LogP contribution is -2.42. The topological polar surface area (TPSA) is 145 Å². The number of nitrogens with one attached hydrogen (secondary N) is 1. The van der Waals surface area contributed by atoms with Gasteiger partial charge in [0.05, 0.1) is 17.3 Å². The van der Waals surface area contributed by atoms with Crippen molar-refractivity contribution in [1.82, 2.24) is 9.55 Å². The highest BCUT2D eigenvalue weighted by molar-refractivity contribution is 7.91. The van der Waals surface area contributed by atoms with Crippen molar-refractivity contribution in [3.63, 3.8) is 0 Å². The Morgan fingerprint density at radius 2 is 1.85 bits per heavy atom. The van der Waals surface area contributed by atoms with Gasteiger partial charge in [0.25, 0.3) is 11.5 Å². The molecule has 1 heterocycles. The second-order valence-corrected chi connectivity index (χ2v) is 10.6. The van der Waals surface area contributed by atoms with Crippen molar-refractivity contribution in [1.29, 1.82) is 0 Å². The number of anilines is 2. The molecule has 1 aromatic carbocycles. The normalized spacial score (nSPS) is 11.7. The smallest absolute Gasteiger partial charge is 0.330 e. The SMILES string of the molecule is CCCCn1c(N)c(N(CCC(C)C)C(=O)c2ccc(S(=O)(=O)CCOC)cc2)c(=O)[nH]c1=O. The van der Waals surface area contributed by atoms with Gasteiger partial charge in [-0.25, -0.2) is 13.2 Å². The van der Waals surface area contributed by atoms with Gasteiger partial charge in [-0.2, -0.15) is 0 Å². The number of nitrogen functional groups attached to an aromatic ring is 1. The van der Waals surface area contributed by atoms with Crippen LogP contribution in [-0.2, 0) is 21.1 Å². The van der Waals surface area contributed by atoms with Crippen LogP contribution < -0.4 is 21.9 Å². The number of nitrogens with zero attached hydrogens (tertiary/aromatic N) is 2. The number of amides is 1. The molecule has 0 saturated heterocycles. The van der Waals surface area contributed by atoms with E-state index in [0.29, 0.717) is 19.4 Å². The van der Waals surface area contributed by atoms with Crippen LogP contribution >= 0.6 is 0 Å². The fourth-order valence-electron chi connectivity index (χ4n) is 3.35. The molecule has 0 spiro atoms. The Morgan fingerprint density at radius 3 is 2.41 bits per heavy atom. The zero-order valence-electron chi connectivity index (χ0n) is 20.2. The van der Waals surface area contributed by atoms with Crippen LogP contribution in [0.3, 0.4) is 0 Å². The first-order chi connectivity index (χ1) is 16.0. The molecule has 0 aliphatic rings. The van der Waals surface area contributed by atoms with Crippen molar-refractivity contribution in [2.24, 2.45) is 5.92 Å². The molecule has 34 heavy (non-hydrogen) atoms. The largest absolute Gasteiger partial charge is 0.384 e. The number of hydrogen-bond acceptors (Lipinski definition) is 7. The fourth-order valence-corrected chi connectivity index (χ4v) is 4.52. The van der Waals surface area contributed by atoms with E-state index in [9.17, 15) is 22.8 Å². The van der Waals surface area contributed by atoms with Gasteiger partial charge in [-0.15, -0.1) is 0 Å². The average Bonchev–Trinajstić information content (AvgIpc) is 2.79. The Balaban J connectivity index is 2.51. The van der Waals surface area contributed by atoms with Gasteiger partial charge in [-0.1, -0.05) is 27.2 Å². The second-order valence-electron chi connectivity index (χ2n) is 8.47. The number of unbranched alkanes of at least 4 members (excludes halogenated alkanes) is 1.